The van der Waals surface area contributed by atoms with Gasteiger partial charge in [-0.1, -0.05) is 5.46 Å². The van der Waals surface area contributed by atoms with E-state index < -0.39 is 12.4 Å². The predicted octanol–water partition coefficient (Wildman–Crippen LogP) is -1.90. The number of hydrogen-bond donors (Lipinski definition) is 0. The summed E-state index contributed by atoms with van der Waals surface area (Å²) in [6, 6.07) is 0. The van der Waals surface area contributed by atoms with Crippen LogP contribution in [0, 0.1) is 13.8 Å². The van der Waals surface area contributed by atoms with Crippen LogP contribution in [0.5, 0.6) is 0 Å². The summed E-state index contributed by atoms with van der Waals surface area (Å²) in [7, 11) is 1.51. The third-order valence-electron chi connectivity index (χ3n) is 1.89. The Bertz CT molecular complexity index is 308. The monoisotopic (exact) mass is 216 g/mol. The van der Waals surface area contributed by atoms with Crippen molar-refractivity contribution in [2.24, 2.45) is 7.05 Å². The van der Waals surface area contributed by atoms with Crippen LogP contribution in [0.25, 0.3) is 0 Å². The third kappa shape index (κ3) is 2.82. The molecule has 7 heteroatoms. The number of rotatable bonds is 1. The topological polar surface area (TPSA) is 17.8 Å². The third-order valence-corrected chi connectivity index (χ3v) is 1.89. The molecule has 1 aromatic rings. The van der Waals surface area contributed by atoms with Crippen molar-refractivity contribution in [3.05, 3.63) is 11.4 Å². The van der Waals surface area contributed by atoms with Crippen molar-refractivity contribution in [1.29, 1.82) is 0 Å². The van der Waals surface area contributed by atoms with Gasteiger partial charge in [0.2, 0.25) is 0 Å². The Hall–Kier alpha value is 0.701. The van der Waals surface area contributed by atoms with E-state index in [9.17, 15) is 12.9 Å². The van der Waals surface area contributed by atoms with Gasteiger partial charge in [-0.2, -0.15) is 5.10 Å². The minimum atomic E-state index is -4.92. The molecule has 1 heterocycles. The molecule has 0 aromatic carbocycles. The molecule has 68 valence electrons. The van der Waals surface area contributed by atoms with E-state index >= 15 is 0 Å². The molecule has 0 aliphatic rings. The first-order valence-corrected chi connectivity index (χ1v) is 3.54. The molecule has 1 rings (SSSR count). The first-order chi connectivity index (χ1) is 5.34. The van der Waals surface area contributed by atoms with Crippen molar-refractivity contribution in [2.75, 3.05) is 0 Å². The SMILES string of the molecule is Cc1nn(C)c(C)c1[B-](F)(F)F.[K+]. The molecule has 0 bridgehead atoms. The molecule has 13 heavy (non-hydrogen) atoms. The molecule has 0 aliphatic heterocycles. The van der Waals surface area contributed by atoms with Crippen LogP contribution in [0.2, 0.25) is 0 Å². The van der Waals surface area contributed by atoms with Gasteiger partial charge in [0.05, 0.1) is 0 Å². The van der Waals surface area contributed by atoms with Crippen molar-refractivity contribution in [3.63, 3.8) is 0 Å². The standard InChI is InChI=1S/C6H9BF3N2.K/c1-4-6(7(8,9)10)5(2)12(3)11-4;/h1-3H3;/q-1;+1. The van der Waals surface area contributed by atoms with Gasteiger partial charge >= 0.3 is 58.4 Å². The average Bonchev–Trinajstić information content (AvgIpc) is 2.05. The molecular weight excluding hydrogens is 207 g/mol. The van der Waals surface area contributed by atoms with Gasteiger partial charge in [-0.15, -0.1) is 0 Å². The summed E-state index contributed by atoms with van der Waals surface area (Å²) >= 11 is 0. The van der Waals surface area contributed by atoms with Gasteiger partial charge in [-0.3, -0.25) is 4.68 Å². The van der Waals surface area contributed by atoms with Crippen molar-refractivity contribution in [1.82, 2.24) is 9.78 Å². The maximum atomic E-state index is 12.3. The Balaban J connectivity index is 0.00000144. The van der Waals surface area contributed by atoms with Crippen LogP contribution in [-0.4, -0.2) is 16.8 Å². The molecule has 1 aromatic heterocycles. The zero-order chi connectivity index (χ0) is 9.52. The molecule has 0 atom stereocenters. The second-order valence-corrected chi connectivity index (χ2v) is 2.78. The minimum Gasteiger partial charge on any atom is -0.445 e. The van der Waals surface area contributed by atoms with Crippen molar-refractivity contribution in [2.45, 2.75) is 13.8 Å². The quantitative estimate of drug-likeness (QED) is 0.501. The molecule has 2 nitrogen and oxygen atoms in total. The van der Waals surface area contributed by atoms with E-state index in [2.05, 4.69) is 5.10 Å². The zero-order valence-corrected chi connectivity index (χ0v) is 11.2. The summed E-state index contributed by atoms with van der Waals surface area (Å²) in [5.74, 6) is 0. The second kappa shape index (κ2) is 4.48. The molecule has 0 saturated carbocycles. The minimum absolute atomic E-state index is 0. The Morgan fingerprint density at radius 3 is 1.85 bits per heavy atom. The maximum absolute atomic E-state index is 12.3. The molecule has 0 aliphatic carbocycles. The van der Waals surface area contributed by atoms with Crippen LogP contribution in [-0.2, 0) is 7.05 Å². The smallest absolute Gasteiger partial charge is 0.445 e. The van der Waals surface area contributed by atoms with E-state index in [1.165, 1.54) is 25.6 Å². The average molecular weight is 216 g/mol. The van der Waals surface area contributed by atoms with Crippen LogP contribution in [0.4, 0.5) is 12.9 Å². The van der Waals surface area contributed by atoms with Gasteiger partial charge in [0, 0.05) is 18.4 Å². The second-order valence-electron chi connectivity index (χ2n) is 2.78. The number of aromatic nitrogens is 2. The molecule has 0 amide bonds. The van der Waals surface area contributed by atoms with Crippen molar-refractivity contribution >= 4 is 12.4 Å². The van der Waals surface area contributed by atoms with Crippen LogP contribution >= 0.6 is 0 Å². The Kier molecular flexibility index (Phi) is 4.72. The summed E-state index contributed by atoms with van der Waals surface area (Å²) < 4.78 is 38.2. The van der Waals surface area contributed by atoms with Gasteiger partial charge in [-0.25, -0.2) is 0 Å². The van der Waals surface area contributed by atoms with E-state index in [1.807, 2.05) is 0 Å². The van der Waals surface area contributed by atoms with Crippen LogP contribution in [0.15, 0.2) is 0 Å². The van der Waals surface area contributed by atoms with Gasteiger partial charge < -0.3 is 12.9 Å². The fourth-order valence-electron chi connectivity index (χ4n) is 1.26. The van der Waals surface area contributed by atoms with E-state index in [0.717, 1.165) is 0 Å². The Morgan fingerprint density at radius 1 is 1.23 bits per heavy atom. The maximum Gasteiger partial charge on any atom is 1.00 e. The van der Waals surface area contributed by atoms with Gasteiger partial charge in [-0.05, 0) is 13.8 Å². The number of halogens is 3. The van der Waals surface area contributed by atoms with Gasteiger partial charge in [0.1, 0.15) is 0 Å². The number of aryl methyl sites for hydroxylation is 2. The Morgan fingerprint density at radius 2 is 1.69 bits per heavy atom. The molecule has 0 N–H and O–H groups in total. The fraction of sp³-hybridized carbons (Fsp3) is 0.500. The first-order valence-electron chi connectivity index (χ1n) is 3.54. The van der Waals surface area contributed by atoms with Crippen molar-refractivity contribution in [3.8, 4) is 0 Å². The number of hydrogen-bond acceptors (Lipinski definition) is 1. The van der Waals surface area contributed by atoms with Crippen LogP contribution < -0.4 is 56.8 Å². The normalized spacial score (nSPS) is 11.2. The van der Waals surface area contributed by atoms with Crippen LogP contribution in [0.3, 0.4) is 0 Å². The van der Waals surface area contributed by atoms with Crippen LogP contribution in [0.1, 0.15) is 11.4 Å². The predicted molar refractivity (Wildman–Crippen MR) is 41.4 cm³/mol. The van der Waals surface area contributed by atoms with E-state index in [4.69, 9.17) is 0 Å². The molecule has 0 fully saturated rings. The molecule has 0 radical (unpaired) electrons. The molecule has 0 unspecified atom stereocenters. The molecule has 0 spiro atoms. The fourth-order valence-corrected chi connectivity index (χ4v) is 1.26. The number of nitrogens with zero attached hydrogens (tertiary/aromatic N) is 2. The van der Waals surface area contributed by atoms with E-state index in [0.29, 0.717) is 0 Å². The largest absolute Gasteiger partial charge is 1.00 e. The Labute approximate surface area is 117 Å². The van der Waals surface area contributed by atoms with E-state index in [-0.39, 0.29) is 62.8 Å². The van der Waals surface area contributed by atoms with Crippen molar-refractivity contribution < 1.29 is 64.3 Å². The van der Waals surface area contributed by atoms with Gasteiger partial charge in [0.25, 0.3) is 0 Å². The first kappa shape index (κ1) is 13.7. The zero-order valence-electron chi connectivity index (χ0n) is 8.11. The molecular formula is C6H9BF3KN2. The summed E-state index contributed by atoms with van der Waals surface area (Å²) in [6.45, 7) is -2.12. The van der Waals surface area contributed by atoms with E-state index in [1.54, 1.807) is 0 Å². The summed E-state index contributed by atoms with van der Waals surface area (Å²) in [5.41, 5.74) is -0.319. The molecule has 0 saturated heterocycles. The summed E-state index contributed by atoms with van der Waals surface area (Å²) in [5, 5.41) is 3.69. The van der Waals surface area contributed by atoms with Gasteiger partial charge in [0.15, 0.2) is 0 Å². The summed E-state index contributed by atoms with van der Waals surface area (Å²) in [4.78, 5) is 0. The summed E-state index contributed by atoms with van der Waals surface area (Å²) in [6.07, 6.45) is 0.